The van der Waals surface area contributed by atoms with E-state index in [-0.39, 0.29) is 5.78 Å². The molecule has 0 N–H and O–H groups in total. The van der Waals surface area contributed by atoms with Crippen LogP contribution in [0.1, 0.15) is 23.6 Å². The van der Waals surface area contributed by atoms with Gasteiger partial charge in [0.15, 0.2) is 0 Å². The molecule has 0 aliphatic rings. The highest BCUT2D eigenvalue weighted by Crippen LogP contribution is 2.14. The lowest BCUT2D eigenvalue weighted by Crippen LogP contribution is -1.97. The van der Waals surface area contributed by atoms with Crippen LogP contribution in [0.3, 0.4) is 0 Å². The third-order valence-corrected chi connectivity index (χ3v) is 2.18. The van der Waals surface area contributed by atoms with Gasteiger partial charge in [0.2, 0.25) is 0 Å². The van der Waals surface area contributed by atoms with E-state index in [9.17, 15) is 4.79 Å². The van der Waals surface area contributed by atoms with Crippen LogP contribution in [-0.2, 0) is 17.1 Å². The number of halogens is 1. The molecule has 14 heavy (non-hydrogen) atoms. The largest absolute Gasteiger partial charge is 0.300 e. The van der Waals surface area contributed by atoms with E-state index in [1.54, 1.807) is 12.1 Å². The minimum absolute atomic E-state index is 0.0903. The lowest BCUT2D eigenvalue weighted by molar-refractivity contribution is -0.116. The SMILES string of the molecule is CC(=O)Cc1ccc(CCl)c(C#N)c1. The van der Waals surface area contributed by atoms with E-state index < -0.39 is 0 Å². The van der Waals surface area contributed by atoms with E-state index in [1.165, 1.54) is 6.92 Å². The lowest BCUT2D eigenvalue weighted by atomic mass is 10.0. The van der Waals surface area contributed by atoms with Gasteiger partial charge in [-0.25, -0.2) is 0 Å². The molecule has 1 rings (SSSR count). The van der Waals surface area contributed by atoms with Crippen LogP contribution in [0.4, 0.5) is 0 Å². The summed E-state index contributed by atoms with van der Waals surface area (Å²) < 4.78 is 0. The van der Waals surface area contributed by atoms with Gasteiger partial charge in [-0.2, -0.15) is 5.26 Å². The number of hydrogen-bond donors (Lipinski definition) is 0. The highest BCUT2D eigenvalue weighted by molar-refractivity contribution is 6.17. The van der Waals surface area contributed by atoms with Gasteiger partial charge in [-0.15, -0.1) is 11.6 Å². The quantitative estimate of drug-likeness (QED) is 0.715. The van der Waals surface area contributed by atoms with Crippen LogP contribution in [0, 0.1) is 11.3 Å². The van der Waals surface area contributed by atoms with Gasteiger partial charge in [-0.3, -0.25) is 4.79 Å². The summed E-state index contributed by atoms with van der Waals surface area (Å²) in [5.74, 6) is 0.413. The Balaban J connectivity index is 3.03. The van der Waals surface area contributed by atoms with Gasteiger partial charge in [0, 0.05) is 12.3 Å². The van der Waals surface area contributed by atoms with Crippen LogP contribution in [0.5, 0.6) is 0 Å². The Hall–Kier alpha value is -1.33. The molecule has 0 heterocycles. The standard InChI is InChI=1S/C11H10ClNO/c1-8(14)4-9-2-3-10(6-12)11(5-9)7-13/h2-3,5H,4,6H2,1H3. The van der Waals surface area contributed by atoms with Crippen molar-refractivity contribution in [2.75, 3.05) is 0 Å². The Morgan fingerprint density at radius 3 is 2.79 bits per heavy atom. The Morgan fingerprint density at radius 2 is 2.29 bits per heavy atom. The van der Waals surface area contributed by atoms with Crippen molar-refractivity contribution in [3.05, 3.63) is 34.9 Å². The summed E-state index contributed by atoms with van der Waals surface area (Å²) in [5, 5.41) is 8.81. The van der Waals surface area contributed by atoms with Crippen LogP contribution in [0.15, 0.2) is 18.2 Å². The molecule has 0 aliphatic heterocycles. The first-order valence-electron chi connectivity index (χ1n) is 4.24. The first-order valence-corrected chi connectivity index (χ1v) is 4.78. The molecule has 0 unspecified atom stereocenters. The number of carbonyl (C=O) groups excluding carboxylic acids is 1. The van der Waals surface area contributed by atoms with Crippen LogP contribution in [0.2, 0.25) is 0 Å². The van der Waals surface area contributed by atoms with Gasteiger partial charge in [-0.05, 0) is 24.1 Å². The maximum absolute atomic E-state index is 10.9. The summed E-state index contributed by atoms with van der Waals surface area (Å²) in [5.41, 5.74) is 2.23. The fourth-order valence-corrected chi connectivity index (χ4v) is 1.47. The van der Waals surface area contributed by atoms with Gasteiger partial charge in [-0.1, -0.05) is 12.1 Å². The Labute approximate surface area is 88.1 Å². The van der Waals surface area contributed by atoms with Gasteiger partial charge in [0.1, 0.15) is 5.78 Å². The smallest absolute Gasteiger partial charge is 0.134 e. The topological polar surface area (TPSA) is 40.9 Å². The minimum Gasteiger partial charge on any atom is -0.300 e. The zero-order valence-corrected chi connectivity index (χ0v) is 8.64. The minimum atomic E-state index is 0.0903. The third-order valence-electron chi connectivity index (χ3n) is 1.89. The van der Waals surface area contributed by atoms with E-state index >= 15 is 0 Å². The van der Waals surface area contributed by atoms with Crippen molar-refractivity contribution >= 4 is 17.4 Å². The molecule has 0 fully saturated rings. The number of nitrogens with zero attached hydrogens (tertiary/aromatic N) is 1. The zero-order valence-electron chi connectivity index (χ0n) is 7.88. The maximum atomic E-state index is 10.9. The molecule has 0 amide bonds. The normalized spacial score (nSPS) is 9.50. The molecule has 0 saturated heterocycles. The summed E-state index contributed by atoms with van der Waals surface area (Å²) in [7, 11) is 0. The van der Waals surface area contributed by atoms with Crippen molar-refractivity contribution in [2.45, 2.75) is 19.2 Å². The van der Waals surface area contributed by atoms with Crippen LogP contribution in [0.25, 0.3) is 0 Å². The first-order chi connectivity index (χ1) is 6.67. The highest BCUT2D eigenvalue weighted by atomic mass is 35.5. The van der Waals surface area contributed by atoms with Crippen molar-refractivity contribution in [1.82, 2.24) is 0 Å². The monoisotopic (exact) mass is 207 g/mol. The lowest BCUT2D eigenvalue weighted by Gasteiger charge is -2.02. The number of Topliss-reactive ketones (excluding diaryl/α,β-unsaturated/α-hetero) is 1. The summed E-state index contributed by atoms with van der Waals surface area (Å²) in [6, 6.07) is 7.41. The number of alkyl halides is 1. The fraction of sp³-hybridized carbons (Fsp3) is 0.273. The molecule has 0 saturated carbocycles. The van der Waals surface area contributed by atoms with Crippen LogP contribution >= 0.6 is 11.6 Å². The molecule has 0 bridgehead atoms. The Morgan fingerprint density at radius 1 is 1.57 bits per heavy atom. The number of nitriles is 1. The van der Waals surface area contributed by atoms with Crippen LogP contribution < -0.4 is 0 Å². The number of ketones is 1. The molecule has 3 heteroatoms. The van der Waals surface area contributed by atoms with E-state index in [0.717, 1.165) is 11.1 Å². The number of benzene rings is 1. The second-order valence-electron chi connectivity index (χ2n) is 3.12. The molecule has 0 aromatic heterocycles. The fourth-order valence-electron chi connectivity index (χ4n) is 1.24. The predicted octanol–water partition coefficient (Wildman–Crippen LogP) is 2.43. The van der Waals surface area contributed by atoms with Crippen molar-refractivity contribution in [2.24, 2.45) is 0 Å². The van der Waals surface area contributed by atoms with Gasteiger partial charge < -0.3 is 0 Å². The predicted molar refractivity (Wildman–Crippen MR) is 55.1 cm³/mol. The van der Waals surface area contributed by atoms with Crippen molar-refractivity contribution < 1.29 is 4.79 Å². The van der Waals surface area contributed by atoms with Gasteiger partial charge >= 0.3 is 0 Å². The van der Waals surface area contributed by atoms with Crippen molar-refractivity contribution in [3.8, 4) is 6.07 Å². The molecule has 1 aromatic carbocycles. The summed E-state index contributed by atoms with van der Waals surface area (Å²) in [6.07, 6.45) is 0.372. The summed E-state index contributed by atoms with van der Waals surface area (Å²) >= 11 is 5.65. The van der Waals surface area contributed by atoms with Gasteiger partial charge in [0.05, 0.1) is 11.6 Å². The zero-order chi connectivity index (χ0) is 10.6. The van der Waals surface area contributed by atoms with E-state index in [2.05, 4.69) is 6.07 Å². The number of rotatable bonds is 3. The number of hydrogen-bond acceptors (Lipinski definition) is 2. The number of carbonyl (C=O) groups is 1. The molecule has 0 atom stereocenters. The van der Waals surface area contributed by atoms with E-state index in [0.29, 0.717) is 17.9 Å². The Kier molecular flexibility index (Phi) is 3.67. The average Bonchev–Trinajstić information content (AvgIpc) is 2.16. The van der Waals surface area contributed by atoms with E-state index in [4.69, 9.17) is 16.9 Å². The summed E-state index contributed by atoms with van der Waals surface area (Å²) in [6.45, 7) is 1.53. The highest BCUT2D eigenvalue weighted by Gasteiger charge is 2.03. The van der Waals surface area contributed by atoms with E-state index in [1.807, 2.05) is 6.07 Å². The van der Waals surface area contributed by atoms with Crippen molar-refractivity contribution in [3.63, 3.8) is 0 Å². The molecule has 0 spiro atoms. The summed E-state index contributed by atoms with van der Waals surface area (Å²) in [4.78, 5) is 10.9. The third kappa shape index (κ3) is 2.58. The maximum Gasteiger partial charge on any atom is 0.134 e. The van der Waals surface area contributed by atoms with Gasteiger partial charge in [0.25, 0.3) is 0 Å². The molecule has 72 valence electrons. The van der Waals surface area contributed by atoms with Crippen molar-refractivity contribution in [1.29, 1.82) is 5.26 Å². The average molecular weight is 208 g/mol. The molecular formula is C11H10ClNO. The first kappa shape index (κ1) is 10.7. The second kappa shape index (κ2) is 4.78. The van der Waals surface area contributed by atoms with Crippen LogP contribution in [-0.4, -0.2) is 5.78 Å². The molecular weight excluding hydrogens is 198 g/mol. The second-order valence-corrected chi connectivity index (χ2v) is 3.38. The molecule has 1 aromatic rings. The molecule has 0 aliphatic carbocycles. The molecule has 2 nitrogen and oxygen atoms in total. The Bertz CT molecular complexity index is 393. The molecule has 0 radical (unpaired) electrons.